The second kappa shape index (κ2) is 10.1. The van der Waals surface area contributed by atoms with Crippen molar-refractivity contribution in [3.8, 4) is 0 Å². The van der Waals surface area contributed by atoms with Crippen LogP contribution in [0.1, 0.15) is 49.4 Å². The number of rotatable bonds is 11. The number of hydrogen-bond acceptors (Lipinski definition) is 5. The van der Waals surface area contributed by atoms with Crippen molar-refractivity contribution >= 4 is 29.3 Å². The summed E-state index contributed by atoms with van der Waals surface area (Å²) in [7, 11) is 0. The second-order valence-electron chi connectivity index (χ2n) is 8.78. The molecule has 0 radical (unpaired) electrons. The monoisotopic (exact) mass is 471 g/mol. The summed E-state index contributed by atoms with van der Waals surface area (Å²) in [5.41, 5.74) is 2.00. The van der Waals surface area contributed by atoms with Crippen LogP contribution in [0.2, 0.25) is 5.02 Å². The van der Waals surface area contributed by atoms with E-state index < -0.39 is 17.6 Å². The lowest BCUT2D eigenvalue weighted by Crippen LogP contribution is -2.34. The fourth-order valence-corrected chi connectivity index (χ4v) is 4.88. The van der Waals surface area contributed by atoms with Gasteiger partial charge in [0.05, 0.1) is 0 Å². The number of benzene rings is 1. The molecule has 1 fully saturated rings. The minimum Gasteiger partial charge on any atom is -0.480 e. The van der Waals surface area contributed by atoms with Crippen LogP contribution in [0, 0.1) is 0 Å². The van der Waals surface area contributed by atoms with Crippen LogP contribution in [0.25, 0.3) is 0 Å². The summed E-state index contributed by atoms with van der Waals surface area (Å²) < 4.78 is 5.69. The molecule has 2 aliphatic rings. The number of nitrogens with one attached hydrogen (secondary N) is 1. The summed E-state index contributed by atoms with van der Waals surface area (Å²) >= 11 is 6.26. The molecule has 7 nitrogen and oxygen atoms in total. The van der Waals surface area contributed by atoms with Gasteiger partial charge in [-0.05, 0) is 56.7 Å². The highest BCUT2D eigenvalue weighted by molar-refractivity contribution is 6.32. The quantitative estimate of drug-likeness (QED) is 0.379. The van der Waals surface area contributed by atoms with Gasteiger partial charge in [0.2, 0.25) is 0 Å². The molecular formula is C25H30ClN3O4. The number of aliphatic carboxylic acids is 1. The molecule has 2 aromatic rings. The molecule has 2 unspecified atom stereocenters. The Morgan fingerprint density at radius 1 is 1.27 bits per heavy atom. The number of aryl methyl sites for hydroxylation is 2. The van der Waals surface area contributed by atoms with Gasteiger partial charge in [-0.2, -0.15) is 0 Å². The van der Waals surface area contributed by atoms with E-state index in [1.54, 1.807) is 31.2 Å². The number of fused-ring (bicyclic) bond motifs is 1. The van der Waals surface area contributed by atoms with Gasteiger partial charge in [0.1, 0.15) is 17.4 Å². The molecule has 2 aliphatic heterocycles. The third-order valence-electron chi connectivity index (χ3n) is 6.52. The third-order valence-corrected chi connectivity index (χ3v) is 6.85. The predicted molar refractivity (Wildman–Crippen MR) is 126 cm³/mol. The number of pyridine rings is 1. The van der Waals surface area contributed by atoms with E-state index in [1.165, 1.54) is 10.5 Å². The van der Waals surface area contributed by atoms with Crippen LogP contribution in [0.3, 0.4) is 0 Å². The first kappa shape index (κ1) is 23.5. The lowest BCUT2D eigenvalue weighted by Gasteiger charge is -2.19. The highest BCUT2D eigenvalue weighted by atomic mass is 35.5. The molecule has 0 spiro atoms. The summed E-state index contributed by atoms with van der Waals surface area (Å²) in [6.07, 6.45) is 5.17. The molecule has 2 N–H and O–H groups in total. The number of anilines is 1. The van der Waals surface area contributed by atoms with E-state index in [2.05, 4.69) is 17.4 Å². The van der Waals surface area contributed by atoms with Crippen LogP contribution in [0.15, 0.2) is 36.4 Å². The summed E-state index contributed by atoms with van der Waals surface area (Å²) in [4.78, 5) is 30.6. The fraction of sp³-hybridized carbons (Fsp3) is 0.480. The van der Waals surface area contributed by atoms with E-state index in [1.807, 2.05) is 0 Å². The fourth-order valence-electron chi connectivity index (χ4n) is 4.56. The Morgan fingerprint density at radius 3 is 2.88 bits per heavy atom. The molecule has 0 bridgehead atoms. The minimum absolute atomic E-state index is 0.227. The smallest absolute Gasteiger partial charge is 0.326 e. The van der Waals surface area contributed by atoms with Crippen molar-refractivity contribution in [3.05, 3.63) is 58.2 Å². The molecule has 0 aliphatic carbocycles. The molecular weight excluding hydrogens is 442 g/mol. The van der Waals surface area contributed by atoms with Crippen LogP contribution in [-0.2, 0) is 32.7 Å². The molecule has 0 saturated carbocycles. The number of carboxylic acid groups (broad SMARTS) is 1. The topological polar surface area (TPSA) is 91.5 Å². The first-order valence-electron chi connectivity index (χ1n) is 11.5. The van der Waals surface area contributed by atoms with Crippen molar-refractivity contribution in [1.29, 1.82) is 0 Å². The van der Waals surface area contributed by atoms with Gasteiger partial charge in [-0.1, -0.05) is 35.9 Å². The standard InChI is InChI=1S/C25H30ClN3O4/c1-25(19-9-2-3-10-20(19)26)24(32)29(25)21(23(30)31)13-16-33-15-5-4-8-18-12-11-17-7-6-14-27-22(17)28-18/h2-3,9-12,21H,4-8,13-16H2,1H3,(H,27,28)(H,30,31). The van der Waals surface area contributed by atoms with Crippen molar-refractivity contribution < 1.29 is 19.4 Å². The van der Waals surface area contributed by atoms with Crippen LogP contribution in [-0.4, -0.2) is 52.7 Å². The van der Waals surface area contributed by atoms with Crippen LogP contribution in [0.5, 0.6) is 0 Å². The van der Waals surface area contributed by atoms with Gasteiger partial charge in [0, 0.05) is 42.5 Å². The van der Waals surface area contributed by atoms with E-state index >= 15 is 0 Å². The number of unbranched alkanes of at least 4 members (excludes halogenated alkanes) is 1. The molecule has 1 aromatic carbocycles. The number of nitrogens with zero attached hydrogens (tertiary/aromatic N) is 2. The zero-order valence-corrected chi connectivity index (χ0v) is 19.6. The zero-order chi connectivity index (χ0) is 23.4. The first-order valence-corrected chi connectivity index (χ1v) is 11.9. The molecule has 1 aromatic heterocycles. The number of aromatic nitrogens is 1. The van der Waals surface area contributed by atoms with Gasteiger partial charge < -0.3 is 20.1 Å². The maximum atomic E-state index is 12.6. The van der Waals surface area contributed by atoms with Gasteiger partial charge in [0.15, 0.2) is 0 Å². The molecule has 3 heterocycles. The number of carbonyl (C=O) groups excluding carboxylic acids is 1. The number of carbonyl (C=O) groups is 2. The average Bonchev–Trinajstić information content (AvgIpc) is 3.36. The van der Waals surface area contributed by atoms with E-state index in [9.17, 15) is 14.7 Å². The Kier molecular flexibility index (Phi) is 7.20. The Labute approximate surface area is 199 Å². The number of ether oxygens (including phenoxy) is 1. The minimum atomic E-state index is -1.03. The zero-order valence-electron chi connectivity index (χ0n) is 18.8. The van der Waals surface area contributed by atoms with Crippen molar-refractivity contribution in [2.75, 3.05) is 25.1 Å². The largest absolute Gasteiger partial charge is 0.480 e. The maximum Gasteiger partial charge on any atom is 0.326 e. The molecule has 176 valence electrons. The number of hydrogen-bond donors (Lipinski definition) is 2. The van der Waals surface area contributed by atoms with Crippen molar-refractivity contribution in [2.24, 2.45) is 0 Å². The van der Waals surface area contributed by atoms with E-state index in [0.717, 1.165) is 50.2 Å². The average molecular weight is 472 g/mol. The van der Waals surface area contributed by atoms with Crippen LogP contribution < -0.4 is 5.32 Å². The van der Waals surface area contributed by atoms with E-state index in [-0.39, 0.29) is 18.9 Å². The molecule has 2 atom stereocenters. The lowest BCUT2D eigenvalue weighted by molar-refractivity contribution is -0.143. The molecule has 8 heteroatoms. The van der Waals surface area contributed by atoms with E-state index in [0.29, 0.717) is 17.2 Å². The van der Waals surface area contributed by atoms with Crippen LogP contribution in [0.4, 0.5) is 5.82 Å². The molecule has 1 saturated heterocycles. The Bertz CT molecular complexity index is 1030. The normalized spacial score (nSPS) is 20.2. The summed E-state index contributed by atoms with van der Waals surface area (Å²) in [5, 5.41) is 13.5. The van der Waals surface area contributed by atoms with Gasteiger partial charge in [-0.15, -0.1) is 0 Å². The highest BCUT2D eigenvalue weighted by Crippen LogP contribution is 2.48. The first-order chi connectivity index (χ1) is 15.9. The van der Waals surface area contributed by atoms with Crippen molar-refractivity contribution in [3.63, 3.8) is 0 Å². The Hall–Kier alpha value is -2.64. The Morgan fingerprint density at radius 2 is 2.09 bits per heavy atom. The van der Waals surface area contributed by atoms with E-state index in [4.69, 9.17) is 21.3 Å². The third kappa shape index (κ3) is 4.99. The highest BCUT2D eigenvalue weighted by Gasteiger charge is 2.64. The summed E-state index contributed by atoms with van der Waals surface area (Å²) in [5.74, 6) is -0.243. The van der Waals surface area contributed by atoms with Crippen LogP contribution >= 0.6 is 11.6 Å². The predicted octanol–water partition coefficient (Wildman–Crippen LogP) is 4.03. The van der Waals surface area contributed by atoms with Crippen molar-refractivity contribution in [2.45, 2.75) is 57.0 Å². The number of carboxylic acids is 1. The Balaban J connectivity index is 1.20. The van der Waals surface area contributed by atoms with Crippen molar-refractivity contribution in [1.82, 2.24) is 9.88 Å². The number of amides is 1. The summed E-state index contributed by atoms with van der Waals surface area (Å²) in [6.45, 7) is 3.53. The lowest BCUT2D eigenvalue weighted by atomic mass is 10.00. The SMILES string of the molecule is CC1(c2ccccc2Cl)C(=O)N1C(CCOCCCCc1ccc2c(n1)NCCC2)C(=O)O. The maximum absolute atomic E-state index is 12.6. The summed E-state index contributed by atoms with van der Waals surface area (Å²) in [6, 6.07) is 10.4. The molecule has 33 heavy (non-hydrogen) atoms. The van der Waals surface area contributed by atoms with Gasteiger partial charge in [-0.3, -0.25) is 4.79 Å². The molecule has 4 rings (SSSR count). The number of halogens is 1. The van der Waals surface area contributed by atoms with Gasteiger partial charge >= 0.3 is 5.97 Å². The van der Waals surface area contributed by atoms with Gasteiger partial charge in [-0.25, -0.2) is 9.78 Å². The molecule has 1 amide bonds. The van der Waals surface area contributed by atoms with Gasteiger partial charge in [0.25, 0.3) is 5.91 Å². The second-order valence-corrected chi connectivity index (χ2v) is 9.19.